The Bertz CT molecular complexity index is 951. The lowest BCUT2D eigenvalue weighted by molar-refractivity contribution is 0.0617. The Morgan fingerprint density at radius 3 is 2.52 bits per heavy atom. The van der Waals surface area contributed by atoms with Gasteiger partial charge in [0, 0.05) is 5.69 Å². The minimum atomic E-state index is -1.10. The fourth-order valence-corrected chi connectivity index (χ4v) is 3.00. The van der Waals surface area contributed by atoms with E-state index in [9.17, 15) is 14.9 Å². The molecule has 1 heterocycles. The molecule has 0 aliphatic carbocycles. The molecule has 27 heavy (non-hydrogen) atoms. The van der Waals surface area contributed by atoms with E-state index >= 15 is 0 Å². The number of rotatable bonds is 6. The number of methoxy groups -OCH3 is 1. The molecule has 2 aromatic rings. The number of nitrogens with one attached hydrogen (secondary N) is 1. The Hall–Kier alpha value is -3.57. The maximum Gasteiger partial charge on any atom is 0.263 e. The zero-order valence-electron chi connectivity index (χ0n) is 14.9. The molecule has 1 unspecified atom stereocenters. The number of nitriles is 1. The number of imide groups is 1. The molecule has 0 aromatic heterocycles. The third-order valence-corrected chi connectivity index (χ3v) is 4.27. The average molecular weight is 366 g/mol. The van der Waals surface area contributed by atoms with Crippen molar-refractivity contribution in [1.29, 1.82) is 5.26 Å². The van der Waals surface area contributed by atoms with Gasteiger partial charge in [-0.25, -0.2) is 0 Å². The summed E-state index contributed by atoms with van der Waals surface area (Å²) >= 11 is 0. The monoisotopic (exact) mass is 366 g/mol. The van der Waals surface area contributed by atoms with Crippen molar-refractivity contribution in [3.05, 3.63) is 53.1 Å². The summed E-state index contributed by atoms with van der Waals surface area (Å²) in [6.07, 6.45) is 0. The zero-order valence-corrected chi connectivity index (χ0v) is 14.9. The third-order valence-electron chi connectivity index (χ3n) is 4.27. The molecule has 0 saturated heterocycles. The van der Waals surface area contributed by atoms with Crippen molar-refractivity contribution in [2.75, 3.05) is 19.1 Å². The van der Waals surface area contributed by atoms with Crippen LogP contribution in [0, 0.1) is 11.3 Å². The highest BCUT2D eigenvalue weighted by atomic mass is 16.5. The van der Waals surface area contributed by atoms with Crippen molar-refractivity contribution in [2.45, 2.75) is 13.0 Å². The second kappa shape index (κ2) is 7.35. The Labute approximate surface area is 156 Å². The predicted octanol–water partition coefficient (Wildman–Crippen LogP) is 2.24. The predicted molar refractivity (Wildman–Crippen MR) is 97.3 cm³/mol. The summed E-state index contributed by atoms with van der Waals surface area (Å²) in [5.41, 5.74) is 3.82. The number of hydrazine groups is 1. The maximum atomic E-state index is 12.8. The number of hydrogen-bond donors (Lipinski definition) is 2. The van der Waals surface area contributed by atoms with Gasteiger partial charge in [0.25, 0.3) is 11.8 Å². The van der Waals surface area contributed by atoms with Crippen molar-refractivity contribution < 1.29 is 19.1 Å². The number of benzene rings is 2. The van der Waals surface area contributed by atoms with Crippen LogP contribution in [-0.4, -0.2) is 30.4 Å². The van der Waals surface area contributed by atoms with Gasteiger partial charge in [0.1, 0.15) is 0 Å². The van der Waals surface area contributed by atoms with Crippen molar-refractivity contribution in [3.8, 4) is 17.6 Å². The molecule has 0 saturated carbocycles. The smallest absolute Gasteiger partial charge is 0.263 e. The van der Waals surface area contributed by atoms with Gasteiger partial charge in [-0.2, -0.15) is 5.26 Å². The van der Waals surface area contributed by atoms with E-state index in [1.54, 1.807) is 24.3 Å². The summed E-state index contributed by atoms with van der Waals surface area (Å²) in [4.78, 5) is 26.5. The molecule has 8 nitrogen and oxygen atoms in total. The Morgan fingerprint density at radius 2 is 1.89 bits per heavy atom. The molecule has 3 rings (SSSR count). The highest BCUT2D eigenvalue weighted by Crippen LogP contribution is 2.36. The summed E-state index contributed by atoms with van der Waals surface area (Å²) in [6, 6.07) is 10.4. The van der Waals surface area contributed by atoms with Crippen LogP contribution in [0.5, 0.6) is 11.5 Å². The number of hydrogen-bond acceptors (Lipinski definition) is 7. The normalized spacial score (nSPS) is 13.8. The lowest BCUT2D eigenvalue weighted by Crippen LogP contribution is -2.33. The van der Waals surface area contributed by atoms with Crippen molar-refractivity contribution in [1.82, 2.24) is 4.90 Å². The Kier molecular flexibility index (Phi) is 4.96. The van der Waals surface area contributed by atoms with Crippen LogP contribution in [0.3, 0.4) is 0 Å². The van der Waals surface area contributed by atoms with Gasteiger partial charge < -0.3 is 14.9 Å². The number of amides is 2. The highest BCUT2D eigenvalue weighted by molar-refractivity contribution is 6.22. The molecule has 0 bridgehead atoms. The fraction of sp³-hybridized carbons (Fsp3) is 0.211. The molecule has 2 aromatic carbocycles. The van der Waals surface area contributed by atoms with Crippen molar-refractivity contribution in [3.63, 3.8) is 0 Å². The summed E-state index contributed by atoms with van der Waals surface area (Å²) < 4.78 is 10.8. The van der Waals surface area contributed by atoms with E-state index in [0.717, 1.165) is 4.90 Å². The van der Waals surface area contributed by atoms with Gasteiger partial charge in [-0.3, -0.25) is 20.3 Å². The number of carbonyl (C=O) groups excluding carboxylic acids is 2. The SMILES string of the molecule is CCOc1cc(C(C#N)N2C(=O)c3ccc(NN)cc3C2=O)ccc1OC. The first-order valence-electron chi connectivity index (χ1n) is 8.24. The number of anilines is 1. The van der Waals surface area contributed by atoms with Gasteiger partial charge in [-0.05, 0) is 42.8 Å². The van der Waals surface area contributed by atoms with Gasteiger partial charge in [0.2, 0.25) is 0 Å². The highest BCUT2D eigenvalue weighted by Gasteiger charge is 2.41. The van der Waals surface area contributed by atoms with Gasteiger partial charge in [0.05, 0.1) is 30.9 Å². The zero-order chi connectivity index (χ0) is 19.6. The molecule has 0 spiro atoms. The van der Waals surface area contributed by atoms with E-state index in [-0.39, 0.29) is 11.1 Å². The number of nitrogen functional groups attached to an aromatic ring is 1. The summed E-state index contributed by atoms with van der Waals surface area (Å²) in [5.74, 6) is 5.23. The van der Waals surface area contributed by atoms with Crippen LogP contribution >= 0.6 is 0 Å². The largest absolute Gasteiger partial charge is 0.493 e. The first-order valence-corrected chi connectivity index (χ1v) is 8.24. The van der Waals surface area contributed by atoms with E-state index in [4.69, 9.17) is 15.3 Å². The van der Waals surface area contributed by atoms with Gasteiger partial charge in [-0.1, -0.05) is 6.07 Å². The van der Waals surface area contributed by atoms with E-state index in [2.05, 4.69) is 5.43 Å². The number of nitrogens with zero attached hydrogens (tertiary/aromatic N) is 2. The van der Waals surface area contributed by atoms with Crippen LogP contribution in [0.15, 0.2) is 36.4 Å². The van der Waals surface area contributed by atoms with Crippen molar-refractivity contribution in [2.24, 2.45) is 5.84 Å². The van der Waals surface area contributed by atoms with Crippen LogP contribution in [0.4, 0.5) is 5.69 Å². The molecule has 1 aliphatic rings. The minimum absolute atomic E-state index is 0.203. The van der Waals surface area contributed by atoms with Crippen LogP contribution in [0.2, 0.25) is 0 Å². The van der Waals surface area contributed by atoms with E-state index in [1.807, 2.05) is 13.0 Å². The van der Waals surface area contributed by atoms with Crippen LogP contribution in [-0.2, 0) is 0 Å². The second-order valence-corrected chi connectivity index (χ2v) is 5.76. The second-order valence-electron chi connectivity index (χ2n) is 5.76. The molecule has 8 heteroatoms. The standard InChI is InChI=1S/C19H18N4O4/c1-3-27-17-8-11(4-7-16(17)26-2)15(10-20)23-18(24)13-6-5-12(22-21)9-14(13)19(23)25/h4-9,15,22H,3,21H2,1-2H3. The van der Waals surface area contributed by atoms with Crippen LogP contribution < -0.4 is 20.7 Å². The molecule has 0 fully saturated rings. The lowest BCUT2D eigenvalue weighted by Gasteiger charge is -2.21. The van der Waals surface area contributed by atoms with E-state index in [0.29, 0.717) is 29.4 Å². The summed E-state index contributed by atoms with van der Waals surface area (Å²) in [7, 11) is 1.51. The Balaban J connectivity index is 2.02. The van der Waals surface area contributed by atoms with Crippen LogP contribution in [0.25, 0.3) is 0 Å². The first-order chi connectivity index (χ1) is 13.0. The molecular weight excluding hydrogens is 348 g/mol. The van der Waals surface area contributed by atoms with Gasteiger partial charge in [-0.15, -0.1) is 0 Å². The third kappa shape index (κ3) is 3.05. The maximum absolute atomic E-state index is 12.8. The van der Waals surface area contributed by atoms with E-state index in [1.165, 1.54) is 19.2 Å². The molecule has 1 aliphatic heterocycles. The number of ether oxygens (including phenoxy) is 2. The number of fused-ring (bicyclic) bond motifs is 1. The molecule has 1 atom stereocenters. The topological polar surface area (TPSA) is 118 Å². The lowest BCUT2D eigenvalue weighted by atomic mass is 10.1. The van der Waals surface area contributed by atoms with Gasteiger partial charge in [0.15, 0.2) is 17.5 Å². The molecule has 138 valence electrons. The average Bonchev–Trinajstić information content (AvgIpc) is 2.94. The molecule has 2 amide bonds. The molecule has 0 radical (unpaired) electrons. The fourth-order valence-electron chi connectivity index (χ4n) is 3.00. The minimum Gasteiger partial charge on any atom is -0.493 e. The van der Waals surface area contributed by atoms with Crippen LogP contribution in [0.1, 0.15) is 39.2 Å². The number of nitrogens with two attached hydrogens (primary N) is 1. The number of carbonyl (C=O) groups is 2. The van der Waals surface area contributed by atoms with Crippen molar-refractivity contribution >= 4 is 17.5 Å². The van der Waals surface area contributed by atoms with E-state index < -0.39 is 17.9 Å². The summed E-state index contributed by atoms with van der Waals surface area (Å²) in [6.45, 7) is 2.22. The Morgan fingerprint density at radius 1 is 1.15 bits per heavy atom. The molecular formula is C19H18N4O4. The summed E-state index contributed by atoms with van der Waals surface area (Å²) in [5, 5.41) is 9.70. The quantitative estimate of drug-likeness (QED) is 0.457. The molecule has 3 N–H and O–H groups in total. The first kappa shape index (κ1) is 18.2. The van der Waals surface area contributed by atoms with Gasteiger partial charge >= 0.3 is 0 Å².